The van der Waals surface area contributed by atoms with Crippen LogP contribution >= 0.6 is 11.6 Å². The van der Waals surface area contributed by atoms with E-state index in [9.17, 15) is 9.59 Å². The molecule has 0 aliphatic carbocycles. The molecule has 1 heterocycles. The molecule has 1 aromatic carbocycles. The van der Waals surface area contributed by atoms with Crippen LogP contribution in [0.15, 0.2) is 24.3 Å². The second-order valence-corrected chi connectivity index (χ2v) is 5.87. The SMILES string of the molecule is CC(=O)N(CC(=O)NCc1ccc(Cl)cc1)CC1CCCO1. The first-order valence-electron chi connectivity index (χ1n) is 7.43. The summed E-state index contributed by atoms with van der Waals surface area (Å²) in [5.74, 6) is -0.291. The Kier molecular flexibility index (Phi) is 6.21. The van der Waals surface area contributed by atoms with Gasteiger partial charge in [-0.3, -0.25) is 9.59 Å². The second kappa shape index (κ2) is 8.15. The lowest BCUT2D eigenvalue weighted by atomic mass is 10.2. The molecule has 1 saturated heterocycles. The highest BCUT2D eigenvalue weighted by molar-refractivity contribution is 6.30. The van der Waals surface area contributed by atoms with E-state index in [0.29, 0.717) is 18.1 Å². The van der Waals surface area contributed by atoms with Crippen molar-refractivity contribution in [3.63, 3.8) is 0 Å². The number of carbonyl (C=O) groups excluding carboxylic acids is 2. The van der Waals surface area contributed by atoms with Crippen LogP contribution < -0.4 is 5.32 Å². The van der Waals surface area contributed by atoms with E-state index in [1.54, 1.807) is 12.1 Å². The van der Waals surface area contributed by atoms with Gasteiger partial charge < -0.3 is 15.0 Å². The molecular formula is C16H21ClN2O3. The number of hydrogen-bond donors (Lipinski definition) is 1. The normalized spacial score (nSPS) is 17.3. The van der Waals surface area contributed by atoms with E-state index < -0.39 is 0 Å². The molecular weight excluding hydrogens is 304 g/mol. The molecule has 1 fully saturated rings. The molecule has 0 bridgehead atoms. The molecule has 2 rings (SSSR count). The van der Waals surface area contributed by atoms with Gasteiger partial charge in [0.15, 0.2) is 0 Å². The summed E-state index contributed by atoms with van der Waals surface area (Å²) in [5, 5.41) is 3.47. The molecule has 2 amide bonds. The van der Waals surface area contributed by atoms with Crippen LogP contribution in [0.25, 0.3) is 0 Å². The standard InChI is InChI=1S/C16H21ClN2O3/c1-12(20)19(10-15-3-2-8-22-15)11-16(21)18-9-13-4-6-14(17)7-5-13/h4-7,15H,2-3,8-11H2,1H3,(H,18,21). The van der Waals surface area contributed by atoms with Gasteiger partial charge in [0, 0.05) is 31.6 Å². The second-order valence-electron chi connectivity index (χ2n) is 5.44. The van der Waals surface area contributed by atoms with Gasteiger partial charge in [0.1, 0.15) is 0 Å². The van der Waals surface area contributed by atoms with Crippen molar-refractivity contribution in [1.82, 2.24) is 10.2 Å². The molecule has 0 spiro atoms. The van der Waals surface area contributed by atoms with Gasteiger partial charge in [-0.2, -0.15) is 0 Å². The number of hydrogen-bond acceptors (Lipinski definition) is 3. The van der Waals surface area contributed by atoms with Crippen molar-refractivity contribution < 1.29 is 14.3 Å². The Morgan fingerprint density at radius 3 is 2.68 bits per heavy atom. The Labute approximate surface area is 135 Å². The third-order valence-corrected chi connectivity index (χ3v) is 3.88. The number of nitrogens with zero attached hydrogens (tertiary/aromatic N) is 1. The van der Waals surface area contributed by atoms with Crippen molar-refractivity contribution in [2.75, 3.05) is 19.7 Å². The highest BCUT2D eigenvalue weighted by Crippen LogP contribution is 2.13. The summed E-state index contributed by atoms with van der Waals surface area (Å²) in [6.07, 6.45) is 2.00. The zero-order valence-corrected chi connectivity index (χ0v) is 13.4. The molecule has 0 saturated carbocycles. The van der Waals surface area contributed by atoms with Crippen molar-refractivity contribution in [1.29, 1.82) is 0 Å². The zero-order valence-electron chi connectivity index (χ0n) is 12.7. The van der Waals surface area contributed by atoms with E-state index in [-0.39, 0.29) is 24.5 Å². The van der Waals surface area contributed by atoms with E-state index in [0.717, 1.165) is 25.0 Å². The van der Waals surface area contributed by atoms with Crippen molar-refractivity contribution in [2.45, 2.75) is 32.4 Å². The van der Waals surface area contributed by atoms with Crippen LogP contribution in [0.2, 0.25) is 5.02 Å². The van der Waals surface area contributed by atoms with Gasteiger partial charge in [0.25, 0.3) is 0 Å². The van der Waals surface area contributed by atoms with Crippen molar-refractivity contribution >= 4 is 23.4 Å². The van der Waals surface area contributed by atoms with Gasteiger partial charge in [-0.25, -0.2) is 0 Å². The molecule has 120 valence electrons. The molecule has 1 aromatic rings. The molecule has 1 aliphatic heterocycles. The van der Waals surface area contributed by atoms with E-state index >= 15 is 0 Å². The monoisotopic (exact) mass is 324 g/mol. The Balaban J connectivity index is 1.79. The summed E-state index contributed by atoms with van der Waals surface area (Å²) in [7, 11) is 0. The van der Waals surface area contributed by atoms with E-state index in [1.807, 2.05) is 12.1 Å². The smallest absolute Gasteiger partial charge is 0.239 e. The van der Waals surface area contributed by atoms with Gasteiger partial charge in [0.05, 0.1) is 12.6 Å². The summed E-state index contributed by atoms with van der Waals surface area (Å²) in [4.78, 5) is 25.2. The first kappa shape index (κ1) is 16.8. The van der Waals surface area contributed by atoms with Gasteiger partial charge in [-0.1, -0.05) is 23.7 Å². The number of rotatable bonds is 6. The Morgan fingerprint density at radius 1 is 1.36 bits per heavy atom. The lowest BCUT2D eigenvalue weighted by molar-refractivity contribution is -0.135. The molecule has 1 aliphatic rings. The Morgan fingerprint density at radius 2 is 2.09 bits per heavy atom. The predicted octanol–water partition coefficient (Wildman–Crippen LogP) is 1.98. The highest BCUT2D eigenvalue weighted by atomic mass is 35.5. The van der Waals surface area contributed by atoms with Crippen molar-refractivity contribution in [3.05, 3.63) is 34.9 Å². The molecule has 1 unspecified atom stereocenters. The quantitative estimate of drug-likeness (QED) is 0.870. The number of nitrogens with one attached hydrogen (secondary N) is 1. The average molecular weight is 325 g/mol. The third-order valence-electron chi connectivity index (χ3n) is 3.63. The van der Waals surface area contributed by atoms with Crippen LogP contribution in [-0.4, -0.2) is 42.5 Å². The molecule has 6 heteroatoms. The van der Waals surface area contributed by atoms with Gasteiger partial charge in [-0.05, 0) is 30.5 Å². The fourth-order valence-corrected chi connectivity index (χ4v) is 2.50. The minimum Gasteiger partial charge on any atom is -0.376 e. The molecule has 1 N–H and O–H groups in total. The summed E-state index contributed by atoms with van der Waals surface area (Å²) >= 11 is 5.82. The Bertz CT molecular complexity index is 513. The average Bonchev–Trinajstić information content (AvgIpc) is 2.99. The van der Waals surface area contributed by atoms with E-state index in [1.165, 1.54) is 11.8 Å². The van der Waals surface area contributed by atoms with Crippen LogP contribution in [-0.2, 0) is 20.9 Å². The zero-order chi connectivity index (χ0) is 15.9. The molecule has 0 radical (unpaired) electrons. The molecule has 0 aromatic heterocycles. The van der Waals surface area contributed by atoms with Crippen LogP contribution in [0.3, 0.4) is 0 Å². The predicted molar refractivity (Wildman–Crippen MR) is 84.5 cm³/mol. The van der Waals surface area contributed by atoms with Gasteiger partial charge in [-0.15, -0.1) is 0 Å². The van der Waals surface area contributed by atoms with Gasteiger partial charge in [0.2, 0.25) is 11.8 Å². The number of halogens is 1. The summed E-state index contributed by atoms with van der Waals surface area (Å²) in [6.45, 7) is 3.16. The fraction of sp³-hybridized carbons (Fsp3) is 0.500. The first-order chi connectivity index (χ1) is 10.5. The maximum absolute atomic E-state index is 12.0. The van der Waals surface area contributed by atoms with Crippen molar-refractivity contribution in [3.8, 4) is 0 Å². The van der Waals surface area contributed by atoms with Crippen LogP contribution in [0, 0.1) is 0 Å². The third kappa shape index (κ3) is 5.31. The van der Waals surface area contributed by atoms with E-state index in [2.05, 4.69) is 5.32 Å². The fourth-order valence-electron chi connectivity index (χ4n) is 2.37. The maximum atomic E-state index is 12.0. The number of amides is 2. The number of ether oxygens (including phenoxy) is 1. The number of benzene rings is 1. The van der Waals surface area contributed by atoms with Crippen LogP contribution in [0.4, 0.5) is 0 Å². The topological polar surface area (TPSA) is 58.6 Å². The largest absolute Gasteiger partial charge is 0.376 e. The van der Waals surface area contributed by atoms with Gasteiger partial charge >= 0.3 is 0 Å². The lowest BCUT2D eigenvalue weighted by Gasteiger charge is -2.23. The summed E-state index contributed by atoms with van der Waals surface area (Å²) < 4.78 is 5.52. The number of carbonyl (C=O) groups is 2. The first-order valence-corrected chi connectivity index (χ1v) is 7.80. The van der Waals surface area contributed by atoms with E-state index in [4.69, 9.17) is 16.3 Å². The Hall–Kier alpha value is -1.59. The molecule has 1 atom stereocenters. The highest BCUT2D eigenvalue weighted by Gasteiger charge is 2.22. The summed E-state index contributed by atoms with van der Waals surface area (Å²) in [6, 6.07) is 7.28. The van der Waals surface area contributed by atoms with Crippen molar-refractivity contribution in [2.24, 2.45) is 0 Å². The lowest BCUT2D eigenvalue weighted by Crippen LogP contribution is -2.43. The minimum atomic E-state index is -0.178. The molecule has 22 heavy (non-hydrogen) atoms. The molecule has 5 nitrogen and oxygen atoms in total. The summed E-state index contributed by atoms with van der Waals surface area (Å²) in [5.41, 5.74) is 0.964. The van der Waals surface area contributed by atoms with Crippen LogP contribution in [0.5, 0.6) is 0 Å². The van der Waals surface area contributed by atoms with Crippen LogP contribution in [0.1, 0.15) is 25.3 Å². The maximum Gasteiger partial charge on any atom is 0.239 e. The minimum absolute atomic E-state index is 0.0490.